The molecular weight excluding hydrogens is 211 g/mol. The Bertz CT molecular complexity index is 30.7. The average Bonchev–Trinajstić information content (AvgIpc) is 1.39. The fraction of sp³-hybridized carbons (Fsp3) is 0. The summed E-state index contributed by atoms with van der Waals surface area (Å²) < 4.78 is 0. The van der Waals surface area contributed by atoms with Crippen molar-refractivity contribution in [3.8, 4) is 0 Å². The summed E-state index contributed by atoms with van der Waals surface area (Å²) in [7, 11) is 0. The molecule has 0 aliphatic rings. The van der Waals surface area contributed by atoms with E-state index < -0.39 is 0 Å². The van der Waals surface area contributed by atoms with Crippen LogP contribution in [-0.4, -0.2) is 23.9 Å². The summed E-state index contributed by atoms with van der Waals surface area (Å²) >= 11 is 0. The van der Waals surface area contributed by atoms with Crippen LogP contribution in [0.25, 0.3) is 0 Å². The molecule has 0 aromatic heterocycles. The molecule has 2 radical (unpaired) electrons. The zero-order chi connectivity index (χ0) is 5.41. The maximum atomic E-state index is 8.00. The minimum Gasteiger partial charge on any atom is -0.444 e. The fourth-order valence-electron chi connectivity index (χ4n) is 0. The van der Waals surface area contributed by atoms with Crippen LogP contribution in [0.2, 0.25) is 0 Å². The Labute approximate surface area is 55.3 Å². The van der Waals surface area contributed by atoms with Gasteiger partial charge in [0.25, 0.3) is 0 Å². The van der Waals surface area contributed by atoms with Crippen LogP contribution >= 0.6 is 0 Å². The first-order chi connectivity index (χ1) is 2.83. The van der Waals surface area contributed by atoms with Gasteiger partial charge < -0.3 is 20.2 Å². The van der Waals surface area contributed by atoms with Gasteiger partial charge in [-0.3, -0.25) is 0 Å². The van der Waals surface area contributed by atoms with Gasteiger partial charge in [0, 0.05) is 0 Å². The molecule has 7 heavy (non-hydrogen) atoms. The van der Waals surface area contributed by atoms with Crippen LogP contribution in [-0.2, 0) is 0 Å². The Morgan fingerprint density at radius 1 is 1.00 bits per heavy atom. The Hall–Kier alpha value is -0.401. The molecule has 0 saturated carbocycles. The van der Waals surface area contributed by atoms with E-state index >= 15 is 0 Å². The second-order valence-electron chi connectivity index (χ2n) is 0.149. The molecule has 0 atom stereocenters. The predicted octanol–water partition coefficient (Wildman–Crippen LogP) is 0.120. The third kappa shape index (κ3) is 450. The van der Waals surface area contributed by atoms with Gasteiger partial charge in [-0.05, 0) is 0 Å². The van der Waals surface area contributed by atoms with E-state index in [0.717, 1.165) is 10.7 Å². The number of nitrogens with zero attached hydrogens (tertiary/aromatic N) is 2. The van der Waals surface area contributed by atoms with Crippen LogP contribution in [0.1, 0.15) is 0 Å². The van der Waals surface area contributed by atoms with Gasteiger partial charge in [-0.1, -0.05) is 0 Å². The van der Waals surface area contributed by atoms with E-state index in [-0.39, 0.29) is 23.9 Å². The van der Waals surface area contributed by atoms with Crippen molar-refractivity contribution in [3.05, 3.63) is 20.2 Å². The van der Waals surface area contributed by atoms with Crippen molar-refractivity contribution in [1.29, 1.82) is 0 Å². The molecule has 0 spiro atoms. The maximum absolute atomic E-state index is 8.00. The van der Waals surface area contributed by atoms with E-state index in [2.05, 4.69) is 0 Å². The molecule has 0 bridgehead atoms. The molecule has 0 unspecified atom stereocenters. The van der Waals surface area contributed by atoms with Gasteiger partial charge in [0.15, 0.2) is 0 Å². The summed E-state index contributed by atoms with van der Waals surface area (Å²) in [6, 6.07) is 0. The summed E-state index contributed by atoms with van der Waals surface area (Å²) in [5.41, 5.74) is 0. The smallest absolute Gasteiger partial charge is 0.444 e. The van der Waals surface area contributed by atoms with Crippen LogP contribution in [0.5, 0.6) is 0 Å². The molecule has 6 nitrogen and oxygen atoms in total. The monoisotopic (exact) mass is 212 g/mol. The zero-order valence-electron chi connectivity index (χ0n) is 3.03. The van der Waals surface area contributed by atoms with Gasteiger partial charge in [-0.2, -0.15) is 0 Å². The van der Waals surface area contributed by atoms with Gasteiger partial charge in [0.05, 0.1) is 0 Å². The molecule has 0 saturated heterocycles. The topological polar surface area (TPSA) is 105 Å². The van der Waals surface area contributed by atoms with E-state index in [9.17, 15) is 0 Å². The Balaban J connectivity index is -0.0000000400. The minimum absolute atomic E-state index is 0. The zero-order valence-corrected chi connectivity index (χ0v) is 5.88. The number of hydrogen-bond donors (Lipinski definition) is 0. The standard InChI is InChI=1S/2HNO2.Sn/c2*2-1-3;/h2*(H,2,3);/q;;+2/p-2. The van der Waals surface area contributed by atoms with Crippen LogP contribution < -0.4 is 0 Å². The third-order valence-corrected chi connectivity index (χ3v) is 0. The SMILES string of the molecule is O=N[O-].O=N[O-].[Sn+2]. The summed E-state index contributed by atoms with van der Waals surface area (Å²) in [6.45, 7) is 0. The first-order valence-electron chi connectivity index (χ1n) is 0.730. The molecule has 0 N–H and O–H groups in total. The second-order valence-corrected chi connectivity index (χ2v) is 0.149. The van der Waals surface area contributed by atoms with Crippen molar-refractivity contribution in [1.82, 2.24) is 0 Å². The van der Waals surface area contributed by atoms with Gasteiger partial charge in [-0.15, -0.1) is 10.7 Å². The Morgan fingerprint density at radius 2 is 1.00 bits per heavy atom. The molecule has 0 heterocycles. The van der Waals surface area contributed by atoms with E-state index in [0.29, 0.717) is 0 Å². The molecule has 0 aliphatic carbocycles. The van der Waals surface area contributed by atoms with E-state index in [4.69, 9.17) is 20.2 Å². The van der Waals surface area contributed by atoms with E-state index in [1.807, 2.05) is 0 Å². The van der Waals surface area contributed by atoms with E-state index in [1.165, 1.54) is 0 Å². The van der Waals surface area contributed by atoms with Crippen LogP contribution in [0.3, 0.4) is 0 Å². The van der Waals surface area contributed by atoms with Gasteiger partial charge in [-0.25, -0.2) is 0 Å². The molecular formula is N2O4Sn. The predicted molar refractivity (Wildman–Crippen MR) is 24.1 cm³/mol. The molecule has 0 fully saturated rings. The maximum Gasteiger partial charge on any atom is 2.00 e. The largest absolute Gasteiger partial charge is 2.00 e. The summed E-state index contributed by atoms with van der Waals surface area (Å²) in [5.74, 6) is 0. The van der Waals surface area contributed by atoms with E-state index in [1.54, 1.807) is 0 Å². The summed E-state index contributed by atoms with van der Waals surface area (Å²) in [5, 5.41) is 18.0. The normalized spacial score (nSPS) is 3.43. The van der Waals surface area contributed by atoms with Crippen LogP contribution in [0.15, 0.2) is 10.7 Å². The molecule has 0 amide bonds. The fourth-order valence-corrected chi connectivity index (χ4v) is 0. The molecule has 0 aliphatic heterocycles. The molecule has 0 aromatic rings. The van der Waals surface area contributed by atoms with Gasteiger partial charge >= 0.3 is 23.9 Å². The Morgan fingerprint density at radius 3 is 1.00 bits per heavy atom. The molecule has 0 rings (SSSR count). The quantitative estimate of drug-likeness (QED) is 0.322. The van der Waals surface area contributed by atoms with Gasteiger partial charge in [0.2, 0.25) is 0 Å². The minimum atomic E-state index is 0. The van der Waals surface area contributed by atoms with Crippen molar-refractivity contribution >= 4 is 23.9 Å². The Kier molecular flexibility index (Phi) is 106. The third-order valence-electron chi connectivity index (χ3n) is 0. The first-order valence-corrected chi connectivity index (χ1v) is 0.730. The number of hydrogen-bond acceptors (Lipinski definition) is 6. The van der Waals surface area contributed by atoms with Crippen LogP contribution in [0, 0.1) is 20.2 Å². The molecule has 0 aromatic carbocycles. The molecule has 7 heteroatoms. The van der Waals surface area contributed by atoms with Gasteiger partial charge in [0.1, 0.15) is 0 Å². The first kappa shape index (κ1) is 16.0. The van der Waals surface area contributed by atoms with Crippen molar-refractivity contribution in [2.24, 2.45) is 10.7 Å². The summed E-state index contributed by atoms with van der Waals surface area (Å²) in [6.07, 6.45) is 0. The van der Waals surface area contributed by atoms with Crippen molar-refractivity contribution in [2.45, 2.75) is 0 Å². The molecule has 38 valence electrons. The number of rotatable bonds is 0. The van der Waals surface area contributed by atoms with Crippen molar-refractivity contribution < 1.29 is 0 Å². The summed E-state index contributed by atoms with van der Waals surface area (Å²) in [4.78, 5) is 16.0. The van der Waals surface area contributed by atoms with Crippen molar-refractivity contribution in [2.75, 3.05) is 0 Å². The van der Waals surface area contributed by atoms with Crippen LogP contribution in [0.4, 0.5) is 0 Å². The van der Waals surface area contributed by atoms with Crippen molar-refractivity contribution in [3.63, 3.8) is 0 Å². The second kappa shape index (κ2) is 46.3. The average molecular weight is 211 g/mol.